The lowest BCUT2D eigenvalue weighted by Crippen LogP contribution is -2.24. The molecule has 0 aliphatic carbocycles. The summed E-state index contributed by atoms with van der Waals surface area (Å²) >= 11 is 11.5. The Bertz CT molecular complexity index is 455. The first-order chi connectivity index (χ1) is 7.56. The van der Waals surface area contributed by atoms with Crippen LogP contribution in [0.1, 0.15) is 16.8 Å². The van der Waals surface area contributed by atoms with Crippen LogP contribution in [0.5, 0.6) is 0 Å². The number of carboxylic acids is 1. The van der Waals surface area contributed by atoms with Crippen LogP contribution >= 0.6 is 23.2 Å². The normalized spacial score (nSPS) is 9.56. The maximum atomic E-state index is 10.8. The van der Waals surface area contributed by atoms with Gasteiger partial charge in [-0.15, -0.1) is 0 Å². The molecule has 1 aromatic carbocycles. The van der Waals surface area contributed by atoms with Gasteiger partial charge in [0.05, 0.1) is 29.2 Å². The number of anilines is 1. The summed E-state index contributed by atoms with van der Waals surface area (Å²) in [6, 6.07) is 4.59. The van der Waals surface area contributed by atoms with Gasteiger partial charge < -0.3 is 15.2 Å². The van der Waals surface area contributed by atoms with Crippen molar-refractivity contribution in [2.45, 2.75) is 6.42 Å². The fraction of sp³-hybridized carbons (Fsp3) is 0.200. The Kier molecular flexibility index (Phi) is 4.41. The molecule has 4 nitrogen and oxygen atoms in total. The number of carbonyl (C=O) groups is 1. The van der Waals surface area contributed by atoms with E-state index in [1.54, 1.807) is 0 Å². The lowest BCUT2D eigenvalue weighted by Gasteiger charge is -2.14. The Morgan fingerprint density at radius 2 is 2.19 bits per heavy atom. The van der Waals surface area contributed by atoms with Crippen LogP contribution in [0.2, 0.25) is 10.0 Å². The highest BCUT2D eigenvalue weighted by molar-refractivity contribution is 6.37. The molecule has 16 heavy (non-hydrogen) atoms. The number of rotatable bonds is 4. The number of hydrogen-bond donors (Lipinski definition) is 1. The van der Waals surface area contributed by atoms with Gasteiger partial charge in [0.2, 0.25) is 0 Å². The predicted molar refractivity (Wildman–Crippen MR) is 59.5 cm³/mol. The highest BCUT2D eigenvalue weighted by Crippen LogP contribution is 2.29. The summed E-state index contributed by atoms with van der Waals surface area (Å²) in [5.74, 6) is -1.37. The van der Waals surface area contributed by atoms with E-state index in [2.05, 4.69) is 5.32 Å². The van der Waals surface area contributed by atoms with Gasteiger partial charge in [-0.25, -0.2) is 0 Å². The second kappa shape index (κ2) is 5.59. The van der Waals surface area contributed by atoms with Gasteiger partial charge in [0.25, 0.3) is 0 Å². The fourth-order valence-corrected chi connectivity index (χ4v) is 1.72. The van der Waals surface area contributed by atoms with E-state index >= 15 is 0 Å². The molecule has 0 bridgehead atoms. The molecule has 0 atom stereocenters. The molecule has 0 aliphatic rings. The summed E-state index contributed by atoms with van der Waals surface area (Å²) in [7, 11) is 0. The number of carboxylic acid groups (broad SMARTS) is 1. The van der Waals surface area contributed by atoms with Gasteiger partial charge >= 0.3 is 0 Å². The number of halogens is 2. The third kappa shape index (κ3) is 3.02. The second-order valence-electron chi connectivity index (χ2n) is 2.93. The number of nitriles is 1. The molecule has 6 heteroatoms. The standard InChI is InChI=1S/C10H8Cl2N2O2/c11-6-4-7(10(15)16)9(8(12)5-6)14-3-1-2-13/h4-5,14H,1,3H2,(H,15,16)/p-1. The maximum absolute atomic E-state index is 10.8. The largest absolute Gasteiger partial charge is 0.545 e. The molecule has 0 heterocycles. The van der Waals surface area contributed by atoms with Crippen molar-refractivity contribution in [2.24, 2.45) is 0 Å². The molecule has 0 spiro atoms. The van der Waals surface area contributed by atoms with Gasteiger partial charge in [-0.3, -0.25) is 0 Å². The van der Waals surface area contributed by atoms with E-state index in [-0.39, 0.29) is 27.7 Å². The van der Waals surface area contributed by atoms with Gasteiger partial charge in [0.15, 0.2) is 0 Å². The number of aromatic carboxylic acids is 1. The van der Waals surface area contributed by atoms with E-state index in [1.165, 1.54) is 12.1 Å². The van der Waals surface area contributed by atoms with Crippen molar-refractivity contribution in [2.75, 3.05) is 11.9 Å². The molecular formula is C10H7Cl2N2O2-. The van der Waals surface area contributed by atoms with E-state index in [0.29, 0.717) is 6.54 Å². The van der Waals surface area contributed by atoms with Crippen LogP contribution in [-0.2, 0) is 0 Å². The molecule has 0 aliphatic heterocycles. The van der Waals surface area contributed by atoms with E-state index in [4.69, 9.17) is 28.5 Å². The zero-order valence-electron chi connectivity index (χ0n) is 8.09. The second-order valence-corrected chi connectivity index (χ2v) is 3.78. The molecule has 0 saturated heterocycles. The van der Waals surface area contributed by atoms with Crippen LogP contribution in [0.15, 0.2) is 12.1 Å². The van der Waals surface area contributed by atoms with Crippen molar-refractivity contribution in [3.8, 4) is 6.07 Å². The first kappa shape index (κ1) is 12.6. The molecular weight excluding hydrogens is 251 g/mol. The number of hydrogen-bond acceptors (Lipinski definition) is 4. The molecule has 1 aromatic rings. The minimum absolute atomic E-state index is 0.115. The Morgan fingerprint density at radius 3 is 2.75 bits per heavy atom. The van der Waals surface area contributed by atoms with Crippen LogP contribution in [-0.4, -0.2) is 12.5 Å². The average molecular weight is 258 g/mol. The van der Waals surface area contributed by atoms with Crippen LogP contribution in [0, 0.1) is 11.3 Å². The monoisotopic (exact) mass is 257 g/mol. The minimum Gasteiger partial charge on any atom is -0.545 e. The minimum atomic E-state index is -1.37. The molecule has 0 unspecified atom stereocenters. The van der Waals surface area contributed by atoms with Crippen molar-refractivity contribution in [1.82, 2.24) is 0 Å². The van der Waals surface area contributed by atoms with Crippen LogP contribution in [0.3, 0.4) is 0 Å². The summed E-state index contributed by atoms with van der Waals surface area (Å²) in [4.78, 5) is 10.8. The van der Waals surface area contributed by atoms with Crippen molar-refractivity contribution in [3.05, 3.63) is 27.7 Å². The number of nitrogens with zero attached hydrogens (tertiary/aromatic N) is 1. The van der Waals surface area contributed by atoms with Crippen molar-refractivity contribution in [1.29, 1.82) is 5.26 Å². The molecule has 0 saturated carbocycles. The smallest absolute Gasteiger partial charge is 0.0737 e. The molecule has 0 amide bonds. The van der Waals surface area contributed by atoms with E-state index < -0.39 is 5.97 Å². The van der Waals surface area contributed by atoms with E-state index in [9.17, 15) is 9.90 Å². The predicted octanol–water partition coefficient (Wildman–Crippen LogP) is 1.68. The average Bonchev–Trinajstić information content (AvgIpc) is 2.20. The molecule has 0 fully saturated rings. The molecule has 84 valence electrons. The lowest BCUT2D eigenvalue weighted by molar-refractivity contribution is -0.254. The summed E-state index contributed by atoms with van der Waals surface area (Å²) < 4.78 is 0. The van der Waals surface area contributed by atoms with E-state index in [0.717, 1.165) is 0 Å². The maximum Gasteiger partial charge on any atom is 0.0737 e. The summed E-state index contributed by atoms with van der Waals surface area (Å²) in [6.07, 6.45) is 0.242. The zero-order chi connectivity index (χ0) is 12.1. The third-order valence-corrected chi connectivity index (χ3v) is 2.33. The van der Waals surface area contributed by atoms with Gasteiger partial charge in [0.1, 0.15) is 0 Å². The fourth-order valence-electron chi connectivity index (χ4n) is 1.16. The SMILES string of the molecule is N#CCCNc1c(Cl)cc(Cl)cc1C(=O)[O-]. The number of benzene rings is 1. The van der Waals surface area contributed by atoms with Crippen LogP contribution < -0.4 is 10.4 Å². The highest BCUT2D eigenvalue weighted by atomic mass is 35.5. The van der Waals surface area contributed by atoms with Gasteiger partial charge in [0, 0.05) is 17.1 Å². The first-order valence-electron chi connectivity index (χ1n) is 4.37. The summed E-state index contributed by atoms with van der Waals surface area (Å²) in [5.41, 5.74) is 0.108. The van der Waals surface area contributed by atoms with Crippen molar-refractivity contribution < 1.29 is 9.90 Å². The number of carbonyl (C=O) groups excluding carboxylic acids is 1. The number of nitrogens with one attached hydrogen (secondary N) is 1. The topological polar surface area (TPSA) is 76.0 Å². The Balaban J connectivity index is 3.05. The van der Waals surface area contributed by atoms with Gasteiger partial charge in [-0.1, -0.05) is 23.2 Å². The summed E-state index contributed by atoms with van der Waals surface area (Å²) in [6.45, 7) is 0.304. The summed E-state index contributed by atoms with van der Waals surface area (Å²) in [5, 5.41) is 22.3. The van der Waals surface area contributed by atoms with Crippen LogP contribution in [0.25, 0.3) is 0 Å². The van der Waals surface area contributed by atoms with Gasteiger partial charge in [-0.05, 0) is 12.1 Å². The molecule has 0 radical (unpaired) electrons. The van der Waals surface area contributed by atoms with Gasteiger partial charge in [-0.2, -0.15) is 5.26 Å². The Labute approximate surface area is 102 Å². The lowest BCUT2D eigenvalue weighted by atomic mass is 10.1. The van der Waals surface area contributed by atoms with Crippen LogP contribution in [0.4, 0.5) is 5.69 Å². The Morgan fingerprint density at radius 1 is 1.50 bits per heavy atom. The highest BCUT2D eigenvalue weighted by Gasteiger charge is 2.09. The molecule has 0 aromatic heterocycles. The van der Waals surface area contributed by atoms with E-state index in [1.807, 2.05) is 6.07 Å². The molecule has 1 rings (SSSR count). The van der Waals surface area contributed by atoms with Crippen molar-refractivity contribution >= 4 is 34.9 Å². The zero-order valence-corrected chi connectivity index (χ0v) is 9.60. The molecule has 1 N–H and O–H groups in total. The first-order valence-corrected chi connectivity index (χ1v) is 5.13. The third-order valence-electron chi connectivity index (χ3n) is 1.81. The quantitative estimate of drug-likeness (QED) is 0.833. The Hall–Kier alpha value is -1.44. The van der Waals surface area contributed by atoms with Crippen molar-refractivity contribution in [3.63, 3.8) is 0 Å².